The van der Waals surface area contributed by atoms with Crippen molar-refractivity contribution < 1.29 is 23.9 Å². The molecule has 8 heteroatoms. The first-order chi connectivity index (χ1) is 15.5. The Balaban J connectivity index is 1.58. The normalized spacial score (nSPS) is 17.1. The largest absolute Gasteiger partial charge is 0.444 e. The minimum absolute atomic E-state index is 0.0496. The molecule has 1 N–H and O–H groups in total. The van der Waals surface area contributed by atoms with Crippen LogP contribution in [0.2, 0.25) is 0 Å². The lowest BCUT2D eigenvalue weighted by molar-refractivity contribution is -0.142. The summed E-state index contributed by atoms with van der Waals surface area (Å²) in [5.74, 6) is -1.27. The van der Waals surface area contributed by atoms with E-state index in [1.54, 1.807) is 53.4 Å². The highest BCUT2D eigenvalue weighted by Gasteiger charge is 2.33. The van der Waals surface area contributed by atoms with E-state index < -0.39 is 18.1 Å². The molecule has 0 spiro atoms. The van der Waals surface area contributed by atoms with Gasteiger partial charge >= 0.3 is 12.0 Å². The van der Waals surface area contributed by atoms with Gasteiger partial charge in [-0.05, 0) is 30.9 Å². The molecule has 0 aromatic heterocycles. The van der Waals surface area contributed by atoms with Crippen LogP contribution in [0.25, 0.3) is 0 Å². The maximum Gasteiger partial charge on any atom is 0.339 e. The van der Waals surface area contributed by atoms with Gasteiger partial charge in [-0.15, -0.1) is 0 Å². The summed E-state index contributed by atoms with van der Waals surface area (Å²) in [6, 6.07) is 15.1. The van der Waals surface area contributed by atoms with Crippen LogP contribution in [0.1, 0.15) is 46.9 Å². The van der Waals surface area contributed by atoms with Crippen LogP contribution in [0.4, 0.5) is 4.79 Å². The van der Waals surface area contributed by atoms with Gasteiger partial charge in [0.25, 0.3) is 5.91 Å². The summed E-state index contributed by atoms with van der Waals surface area (Å²) in [5.41, 5.74) is 1.29. The van der Waals surface area contributed by atoms with Gasteiger partial charge in [-0.25, -0.2) is 9.59 Å². The summed E-state index contributed by atoms with van der Waals surface area (Å²) in [4.78, 5) is 53.1. The average Bonchev–Trinajstić information content (AvgIpc) is 3.15. The van der Waals surface area contributed by atoms with Crippen LogP contribution < -0.4 is 5.32 Å². The number of hydrogen-bond acceptors (Lipinski definition) is 5. The fraction of sp³-hybridized carbons (Fsp3) is 0.333. The molecule has 2 aromatic carbocycles. The Morgan fingerprint density at radius 2 is 1.62 bits per heavy atom. The van der Waals surface area contributed by atoms with Crippen molar-refractivity contribution >= 4 is 23.8 Å². The molecule has 2 aromatic rings. The molecular formula is C24H25N3O5. The van der Waals surface area contributed by atoms with Crippen LogP contribution in [0, 0.1) is 0 Å². The number of urea groups is 1. The van der Waals surface area contributed by atoms with E-state index in [4.69, 9.17) is 4.74 Å². The quantitative estimate of drug-likeness (QED) is 0.556. The Bertz CT molecular complexity index is 1000. The predicted octanol–water partition coefficient (Wildman–Crippen LogP) is 2.65. The molecule has 2 fully saturated rings. The van der Waals surface area contributed by atoms with Crippen LogP contribution in [-0.4, -0.2) is 53.2 Å². The Hall–Kier alpha value is -3.68. The lowest BCUT2D eigenvalue weighted by atomic mass is 10.0. The fourth-order valence-electron chi connectivity index (χ4n) is 3.98. The zero-order chi connectivity index (χ0) is 22.5. The number of amides is 4. The van der Waals surface area contributed by atoms with Crippen LogP contribution >= 0.6 is 0 Å². The first-order valence-corrected chi connectivity index (χ1v) is 10.8. The highest BCUT2D eigenvalue weighted by molar-refractivity contribution is 6.02. The highest BCUT2D eigenvalue weighted by atomic mass is 16.5. The summed E-state index contributed by atoms with van der Waals surface area (Å²) in [5, 5.41) is 2.46. The van der Waals surface area contributed by atoms with Crippen molar-refractivity contribution in [1.29, 1.82) is 0 Å². The topological polar surface area (TPSA) is 96.0 Å². The number of ether oxygens (including phenoxy) is 1. The molecule has 32 heavy (non-hydrogen) atoms. The van der Waals surface area contributed by atoms with Crippen molar-refractivity contribution in [1.82, 2.24) is 15.1 Å². The van der Waals surface area contributed by atoms with Crippen molar-refractivity contribution in [2.45, 2.75) is 31.9 Å². The number of carbonyl (C=O) groups is 4. The molecule has 2 heterocycles. The van der Waals surface area contributed by atoms with Gasteiger partial charge in [0.1, 0.15) is 0 Å². The molecular weight excluding hydrogens is 410 g/mol. The molecule has 0 bridgehead atoms. The molecule has 0 radical (unpaired) electrons. The minimum atomic E-state index is -1.06. The molecule has 1 atom stereocenters. The lowest BCUT2D eigenvalue weighted by Gasteiger charge is -2.30. The molecule has 2 saturated heterocycles. The number of benzene rings is 2. The number of likely N-dealkylation sites (tertiary alicyclic amines) is 1. The zero-order valence-electron chi connectivity index (χ0n) is 17.7. The lowest BCUT2D eigenvalue weighted by Crippen LogP contribution is -2.40. The molecule has 1 unspecified atom stereocenters. The van der Waals surface area contributed by atoms with E-state index in [1.165, 1.54) is 0 Å². The Morgan fingerprint density at radius 3 is 2.31 bits per heavy atom. The third kappa shape index (κ3) is 4.64. The van der Waals surface area contributed by atoms with Gasteiger partial charge in [-0.1, -0.05) is 48.5 Å². The summed E-state index contributed by atoms with van der Waals surface area (Å²) < 4.78 is 5.76. The average molecular weight is 435 g/mol. The van der Waals surface area contributed by atoms with Gasteiger partial charge < -0.3 is 15.0 Å². The SMILES string of the molecule is O=C(OC(C(=O)N1CCCCC1)c1ccccc1)c1ccccc1CN1C(=O)CNC1=O. The van der Waals surface area contributed by atoms with Gasteiger partial charge in [0.15, 0.2) is 0 Å². The van der Waals surface area contributed by atoms with Gasteiger partial charge in [0, 0.05) is 18.7 Å². The van der Waals surface area contributed by atoms with E-state index in [9.17, 15) is 19.2 Å². The molecule has 0 aliphatic carbocycles. The predicted molar refractivity (Wildman–Crippen MR) is 115 cm³/mol. The van der Waals surface area contributed by atoms with E-state index >= 15 is 0 Å². The fourth-order valence-corrected chi connectivity index (χ4v) is 3.98. The molecule has 0 saturated carbocycles. The van der Waals surface area contributed by atoms with E-state index in [2.05, 4.69) is 5.32 Å². The molecule has 4 amide bonds. The number of esters is 1. The smallest absolute Gasteiger partial charge is 0.339 e. The summed E-state index contributed by atoms with van der Waals surface area (Å²) in [6.07, 6.45) is 1.87. The second kappa shape index (κ2) is 9.64. The first kappa shape index (κ1) is 21.5. The third-order valence-corrected chi connectivity index (χ3v) is 5.72. The minimum Gasteiger partial charge on any atom is -0.444 e. The van der Waals surface area contributed by atoms with Crippen LogP contribution in [0.5, 0.6) is 0 Å². The van der Waals surface area contributed by atoms with Gasteiger partial charge in [-0.3, -0.25) is 14.5 Å². The molecule has 2 aliphatic rings. The molecule has 166 valence electrons. The van der Waals surface area contributed by atoms with E-state index in [0.29, 0.717) is 24.2 Å². The van der Waals surface area contributed by atoms with Crippen LogP contribution in [0.15, 0.2) is 54.6 Å². The second-order valence-corrected chi connectivity index (χ2v) is 7.88. The summed E-state index contributed by atoms with van der Waals surface area (Å²) in [6.45, 7) is 1.17. The number of rotatable bonds is 6. The number of nitrogens with zero attached hydrogens (tertiary/aromatic N) is 2. The van der Waals surface area contributed by atoms with Crippen molar-refractivity contribution in [3.8, 4) is 0 Å². The number of nitrogens with one attached hydrogen (secondary N) is 1. The number of imide groups is 1. The second-order valence-electron chi connectivity index (χ2n) is 7.88. The van der Waals surface area contributed by atoms with Gasteiger partial charge in [0.05, 0.1) is 18.7 Å². The van der Waals surface area contributed by atoms with Gasteiger partial charge in [-0.2, -0.15) is 0 Å². The van der Waals surface area contributed by atoms with Crippen LogP contribution in [-0.2, 0) is 20.9 Å². The number of piperidine rings is 1. The Kier molecular flexibility index (Phi) is 6.49. The summed E-state index contributed by atoms with van der Waals surface area (Å²) >= 11 is 0. The van der Waals surface area contributed by atoms with Crippen molar-refractivity contribution in [3.63, 3.8) is 0 Å². The van der Waals surface area contributed by atoms with E-state index in [-0.39, 0.29) is 30.5 Å². The Morgan fingerprint density at radius 1 is 0.938 bits per heavy atom. The summed E-state index contributed by atoms with van der Waals surface area (Å²) in [7, 11) is 0. The zero-order valence-corrected chi connectivity index (χ0v) is 17.7. The monoisotopic (exact) mass is 435 g/mol. The van der Waals surface area contributed by atoms with E-state index in [0.717, 1.165) is 24.2 Å². The molecule has 4 rings (SSSR count). The highest BCUT2D eigenvalue weighted by Crippen LogP contribution is 2.25. The van der Waals surface area contributed by atoms with Crippen molar-refractivity contribution in [2.24, 2.45) is 0 Å². The van der Waals surface area contributed by atoms with Crippen molar-refractivity contribution in [2.75, 3.05) is 19.6 Å². The maximum atomic E-state index is 13.3. The van der Waals surface area contributed by atoms with Gasteiger partial charge in [0.2, 0.25) is 12.0 Å². The van der Waals surface area contributed by atoms with Crippen LogP contribution in [0.3, 0.4) is 0 Å². The first-order valence-electron chi connectivity index (χ1n) is 10.8. The molecule has 8 nitrogen and oxygen atoms in total. The van der Waals surface area contributed by atoms with E-state index in [1.807, 2.05) is 6.07 Å². The third-order valence-electron chi connectivity index (χ3n) is 5.72. The maximum absolute atomic E-state index is 13.3. The number of hydrogen-bond donors (Lipinski definition) is 1. The molecule has 2 aliphatic heterocycles. The van der Waals surface area contributed by atoms with Crippen molar-refractivity contribution in [3.05, 3.63) is 71.3 Å². The number of carbonyl (C=O) groups excluding carboxylic acids is 4. The standard InChI is InChI=1S/C24H25N3O5/c28-20-15-25-24(31)27(20)16-18-11-5-6-12-19(18)23(30)32-21(17-9-3-1-4-10-17)22(29)26-13-7-2-8-14-26/h1,3-6,9-12,21H,2,7-8,13-16H2,(H,25,31). The Labute approximate surface area is 186 Å².